The predicted molar refractivity (Wildman–Crippen MR) is 57.9 cm³/mol. The molecule has 88 valence electrons. The van der Waals surface area contributed by atoms with Gasteiger partial charge in [-0.25, -0.2) is 8.78 Å². The van der Waals surface area contributed by atoms with E-state index in [9.17, 15) is 13.6 Å². The minimum Gasteiger partial charge on any atom is -0.322 e. The Morgan fingerprint density at radius 1 is 1.50 bits per heavy atom. The normalized spacial score (nSPS) is 12.2. The third-order valence-corrected chi connectivity index (χ3v) is 2.13. The fourth-order valence-corrected chi connectivity index (χ4v) is 1.26. The molecule has 1 aromatic rings. The molecular weight excluding hydrogens is 214 g/mol. The summed E-state index contributed by atoms with van der Waals surface area (Å²) >= 11 is 0. The predicted octanol–water partition coefficient (Wildman–Crippen LogP) is 2.03. The maximum Gasteiger partial charge on any atom is 0.241 e. The monoisotopic (exact) mass is 228 g/mol. The van der Waals surface area contributed by atoms with E-state index < -0.39 is 23.6 Å². The van der Waals surface area contributed by atoms with Crippen LogP contribution in [0.3, 0.4) is 0 Å². The van der Waals surface area contributed by atoms with E-state index in [4.69, 9.17) is 5.73 Å². The van der Waals surface area contributed by atoms with E-state index in [1.54, 1.807) is 0 Å². The highest BCUT2D eigenvalue weighted by molar-refractivity contribution is 5.94. The third kappa shape index (κ3) is 3.27. The first-order chi connectivity index (χ1) is 7.54. The maximum atomic E-state index is 13.2. The maximum absolute atomic E-state index is 13.2. The van der Waals surface area contributed by atoms with Gasteiger partial charge in [-0.3, -0.25) is 4.79 Å². The van der Waals surface area contributed by atoms with Crippen molar-refractivity contribution >= 4 is 11.6 Å². The summed E-state index contributed by atoms with van der Waals surface area (Å²) in [6, 6.07) is 2.28. The molecule has 0 aliphatic rings. The Balaban J connectivity index is 2.69. The van der Waals surface area contributed by atoms with Crippen LogP contribution in [0.1, 0.15) is 19.8 Å². The number of benzene rings is 1. The van der Waals surface area contributed by atoms with Crippen LogP contribution in [-0.2, 0) is 4.79 Å². The zero-order chi connectivity index (χ0) is 12.1. The molecule has 0 spiro atoms. The SMILES string of the molecule is CCC[C@@H](N)C(=O)Nc1ccc(F)cc1F. The molecule has 0 unspecified atom stereocenters. The Morgan fingerprint density at radius 2 is 2.19 bits per heavy atom. The van der Waals surface area contributed by atoms with E-state index in [1.165, 1.54) is 6.07 Å². The largest absolute Gasteiger partial charge is 0.322 e. The molecule has 16 heavy (non-hydrogen) atoms. The highest BCUT2D eigenvalue weighted by Crippen LogP contribution is 2.15. The van der Waals surface area contributed by atoms with Gasteiger partial charge >= 0.3 is 0 Å². The van der Waals surface area contributed by atoms with E-state index in [0.29, 0.717) is 12.5 Å². The molecule has 0 aliphatic carbocycles. The van der Waals surface area contributed by atoms with Crippen molar-refractivity contribution in [1.29, 1.82) is 0 Å². The van der Waals surface area contributed by atoms with Gasteiger partial charge in [0, 0.05) is 6.07 Å². The summed E-state index contributed by atoms with van der Waals surface area (Å²) < 4.78 is 25.8. The first kappa shape index (κ1) is 12.6. The van der Waals surface area contributed by atoms with E-state index in [2.05, 4.69) is 5.32 Å². The minimum atomic E-state index is -0.808. The minimum absolute atomic E-state index is 0.0575. The molecule has 1 amide bonds. The lowest BCUT2D eigenvalue weighted by Crippen LogP contribution is -2.35. The summed E-state index contributed by atoms with van der Waals surface area (Å²) in [4.78, 5) is 11.4. The average molecular weight is 228 g/mol. The smallest absolute Gasteiger partial charge is 0.241 e. The molecular formula is C11H14F2N2O. The standard InChI is InChI=1S/C11H14F2N2O/c1-2-3-9(14)11(16)15-10-5-4-7(12)6-8(10)13/h4-6,9H,2-3,14H2,1H3,(H,15,16)/t9-/m1/s1. The van der Waals surface area contributed by atoms with Gasteiger partial charge in [0.15, 0.2) is 0 Å². The summed E-state index contributed by atoms with van der Waals surface area (Å²) in [6.07, 6.45) is 1.29. The zero-order valence-corrected chi connectivity index (χ0v) is 8.97. The number of hydrogen-bond donors (Lipinski definition) is 2. The van der Waals surface area contributed by atoms with Crippen LogP contribution in [0, 0.1) is 11.6 Å². The average Bonchev–Trinajstić information content (AvgIpc) is 2.22. The van der Waals surface area contributed by atoms with E-state index >= 15 is 0 Å². The second kappa shape index (κ2) is 5.55. The van der Waals surface area contributed by atoms with E-state index in [-0.39, 0.29) is 5.69 Å². The van der Waals surface area contributed by atoms with Crippen molar-refractivity contribution in [2.24, 2.45) is 5.73 Å². The second-order valence-electron chi connectivity index (χ2n) is 3.51. The molecule has 1 aromatic carbocycles. The topological polar surface area (TPSA) is 55.1 Å². The Hall–Kier alpha value is -1.49. The first-order valence-corrected chi connectivity index (χ1v) is 5.06. The molecule has 0 heterocycles. The van der Waals surface area contributed by atoms with Crippen molar-refractivity contribution in [3.05, 3.63) is 29.8 Å². The van der Waals surface area contributed by atoms with Crippen molar-refractivity contribution < 1.29 is 13.6 Å². The van der Waals surface area contributed by atoms with Crippen LogP contribution < -0.4 is 11.1 Å². The van der Waals surface area contributed by atoms with Crippen molar-refractivity contribution in [2.45, 2.75) is 25.8 Å². The van der Waals surface area contributed by atoms with Crippen LogP contribution in [0.2, 0.25) is 0 Å². The number of nitrogens with one attached hydrogen (secondary N) is 1. The Bertz CT molecular complexity index is 382. The molecule has 0 saturated heterocycles. The van der Waals surface area contributed by atoms with Crippen molar-refractivity contribution in [3.63, 3.8) is 0 Å². The number of anilines is 1. The van der Waals surface area contributed by atoms with Crippen LogP contribution in [0.25, 0.3) is 0 Å². The van der Waals surface area contributed by atoms with Gasteiger partial charge in [0.05, 0.1) is 11.7 Å². The number of rotatable bonds is 4. The molecule has 3 N–H and O–H groups in total. The number of nitrogens with two attached hydrogens (primary N) is 1. The highest BCUT2D eigenvalue weighted by Gasteiger charge is 2.14. The summed E-state index contributed by atoms with van der Waals surface area (Å²) in [7, 11) is 0. The number of amides is 1. The number of carbonyl (C=O) groups excluding carboxylic acids is 1. The van der Waals surface area contributed by atoms with Gasteiger partial charge in [-0.15, -0.1) is 0 Å². The van der Waals surface area contributed by atoms with Crippen LogP contribution >= 0.6 is 0 Å². The van der Waals surface area contributed by atoms with Gasteiger partial charge in [-0.1, -0.05) is 13.3 Å². The van der Waals surface area contributed by atoms with Crippen LogP contribution in [0.15, 0.2) is 18.2 Å². The number of halogens is 2. The molecule has 1 rings (SSSR count). The summed E-state index contributed by atoms with van der Waals surface area (Å²) in [5.41, 5.74) is 5.49. The van der Waals surface area contributed by atoms with Gasteiger partial charge in [-0.2, -0.15) is 0 Å². The van der Waals surface area contributed by atoms with E-state index in [1.807, 2.05) is 6.92 Å². The van der Waals surface area contributed by atoms with E-state index in [0.717, 1.165) is 12.5 Å². The van der Waals surface area contributed by atoms with Crippen molar-refractivity contribution in [1.82, 2.24) is 0 Å². The Labute approximate surface area is 92.6 Å². The fraction of sp³-hybridized carbons (Fsp3) is 0.364. The fourth-order valence-electron chi connectivity index (χ4n) is 1.26. The summed E-state index contributed by atoms with van der Waals surface area (Å²) in [5.74, 6) is -1.96. The number of carbonyl (C=O) groups is 1. The lowest BCUT2D eigenvalue weighted by Gasteiger charge is -2.11. The Morgan fingerprint density at radius 3 is 2.75 bits per heavy atom. The Kier molecular flexibility index (Phi) is 4.37. The molecule has 0 bridgehead atoms. The molecule has 0 radical (unpaired) electrons. The van der Waals surface area contributed by atoms with Crippen LogP contribution in [0.4, 0.5) is 14.5 Å². The molecule has 5 heteroatoms. The molecule has 3 nitrogen and oxygen atoms in total. The molecule has 0 fully saturated rings. The van der Waals surface area contributed by atoms with Crippen molar-refractivity contribution in [2.75, 3.05) is 5.32 Å². The summed E-state index contributed by atoms with van der Waals surface area (Å²) in [6.45, 7) is 1.89. The third-order valence-electron chi connectivity index (χ3n) is 2.13. The summed E-state index contributed by atoms with van der Waals surface area (Å²) in [5, 5.41) is 2.32. The second-order valence-corrected chi connectivity index (χ2v) is 3.51. The van der Waals surface area contributed by atoms with Gasteiger partial charge in [0.2, 0.25) is 5.91 Å². The molecule has 0 aromatic heterocycles. The zero-order valence-electron chi connectivity index (χ0n) is 8.97. The molecule has 1 atom stereocenters. The van der Waals surface area contributed by atoms with Crippen LogP contribution in [0.5, 0.6) is 0 Å². The first-order valence-electron chi connectivity index (χ1n) is 5.06. The van der Waals surface area contributed by atoms with Gasteiger partial charge in [0.25, 0.3) is 0 Å². The lowest BCUT2D eigenvalue weighted by molar-refractivity contribution is -0.117. The molecule has 0 saturated carbocycles. The van der Waals surface area contributed by atoms with Gasteiger partial charge in [-0.05, 0) is 18.6 Å². The quantitative estimate of drug-likeness (QED) is 0.828. The highest BCUT2D eigenvalue weighted by atomic mass is 19.1. The molecule has 0 aliphatic heterocycles. The van der Waals surface area contributed by atoms with Crippen LogP contribution in [-0.4, -0.2) is 11.9 Å². The van der Waals surface area contributed by atoms with Gasteiger partial charge < -0.3 is 11.1 Å². The van der Waals surface area contributed by atoms with Gasteiger partial charge in [0.1, 0.15) is 11.6 Å². The lowest BCUT2D eigenvalue weighted by atomic mass is 10.1. The van der Waals surface area contributed by atoms with Crippen molar-refractivity contribution in [3.8, 4) is 0 Å². The number of hydrogen-bond acceptors (Lipinski definition) is 2.